The molecule has 0 radical (unpaired) electrons. The molecular formula is C38H25N3. The number of aromatic nitrogens is 2. The van der Waals surface area contributed by atoms with E-state index in [4.69, 9.17) is 4.98 Å². The average Bonchev–Trinajstić information content (AvgIpc) is 3.43. The predicted molar refractivity (Wildman–Crippen MR) is 170 cm³/mol. The van der Waals surface area contributed by atoms with E-state index in [0.717, 1.165) is 17.2 Å². The smallest absolute Gasteiger partial charge is 0.139 e. The highest BCUT2D eigenvalue weighted by Crippen LogP contribution is 2.44. The summed E-state index contributed by atoms with van der Waals surface area (Å²) in [7, 11) is 0. The van der Waals surface area contributed by atoms with Crippen LogP contribution in [0.5, 0.6) is 0 Å². The molecule has 1 N–H and O–H groups in total. The number of hydrogen-bond donors (Lipinski definition) is 1. The molecule has 192 valence electrons. The Morgan fingerprint density at radius 1 is 0.537 bits per heavy atom. The zero-order chi connectivity index (χ0) is 26.9. The van der Waals surface area contributed by atoms with Crippen molar-refractivity contribution in [2.45, 2.75) is 6.04 Å². The van der Waals surface area contributed by atoms with Gasteiger partial charge in [-0.05, 0) is 78.8 Å². The maximum Gasteiger partial charge on any atom is 0.139 e. The monoisotopic (exact) mass is 523 g/mol. The lowest BCUT2D eigenvalue weighted by molar-refractivity contribution is 0.910. The van der Waals surface area contributed by atoms with Gasteiger partial charge in [0, 0.05) is 11.8 Å². The number of imidazole rings is 1. The Labute approximate surface area is 237 Å². The minimum absolute atomic E-state index is 0.0176. The van der Waals surface area contributed by atoms with E-state index in [1.54, 1.807) is 0 Å². The van der Waals surface area contributed by atoms with E-state index in [1.165, 1.54) is 60.1 Å². The van der Waals surface area contributed by atoms with Crippen molar-refractivity contribution in [3.63, 3.8) is 0 Å². The molecule has 6 aromatic carbocycles. The summed E-state index contributed by atoms with van der Waals surface area (Å²) in [5, 5.41) is 11.6. The Hall–Kier alpha value is -5.41. The zero-order valence-electron chi connectivity index (χ0n) is 22.3. The van der Waals surface area contributed by atoms with Gasteiger partial charge in [-0.25, -0.2) is 4.98 Å². The van der Waals surface area contributed by atoms with Gasteiger partial charge in [0.25, 0.3) is 0 Å². The Morgan fingerprint density at radius 2 is 1.20 bits per heavy atom. The summed E-state index contributed by atoms with van der Waals surface area (Å²) in [6.45, 7) is 0. The highest BCUT2D eigenvalue weighted by molar-refractivity contribution is 6.25. The van der Waals surface area contributed by atoms with Gasteiger partial charge in [-0.15, -0.1) is 0 Å². The number of hydrogen-bond acceptors (Lipinski definition) is 2. The number of nitrogens with one attached hydrogen (secondary N) is 1. The molecule has 0 bridgehead atoms. The highest BCUT2D eigenvalue weighted by atomic mass is 15.2. The SMILES string of the molecule is c1cc(-c2ccc3c4ccccc4c4ccccc4c3c2)cc(C2Nc3c(nc4ccccn34)-c3ccccc32)c1. The molecule has 2 aromatic heterocycles. The van der Waals surface area contributed by atoms with Crippen LogP contribution < -0.4 is 5.32 Å². The minimum Gasteiger partial charge on any atom is -0.358 e. The molecule has 0 saturated carbocycles. The number of fused-ring (bicyclic) bond motifs is 11. The first kappa shape index (κ1) is 22.4. The van der Waals surface area contributed by atoms with Crippen molar-refractivity contribution in [3.05, 3.63) is 151 Å². The zero-order valence-corrected chi connectivity index (χ0v) is 22.3. The van der Waals surface area contributed by atoms with Crippen molar-refractivity contribution in [1.29, 1.82) is 0 Å². The normalized spacial score (nSPS) is 14.3. The molecule has 9 rings (SSSR count). The van der Waals surface area contributed by atoms with Crippen LogP contribution in [0.25, 0.3) is 60.3 Å². The second-order valence-electron chi connectivity index (χ2n) is 10.9. The van der Waals surface area contributed by atoms with E-state index in [9.17, 15) is 0 Å². The lowest BCUT2D eigenvalue weighted by atomic mass is 9.88. The maximum atomic E-state index is 4.96. The van der Waals surface area contributed by atoms with Crippen LogP contribution >= 0.6 is 0 Å². The quantitative estimate of drug-likeness (QED) is 0.229. The fourth-order valence-electron chi connectivity index (χ4n) is 6.75. The molecule has 0 spiro atoms. The fraction of sp³-hybridized carbons (Fsp3) is 0.0263. The predicted octanol–water partition coefficient (Wildman–Crippen LogP) is 9.64. The second-order valence-corrected chi connectivity index (χ2v) is 10.9. The van der Waals surface area contributed by atoms with Crippen LogP contribution in [0.3, 0.4) is 0 Å². The van der Waals surface area contributed by atoms with Gasteiger partial charge in [0.2, 0.25) is 0 Å². The molecule has 1 atom stereocenters. The first-order valence-electron chi connectivity index (χ1n) is 14.1. The van der Waals surface area contributed by atoms with Crippen LogP contribution in [0.1, 0.15) is 17.2 Å². The summed E-state index contributed by atoms with van der Waals surface area (Å²) in [5.74, 6) is 1.04. The molecule has 3 heteroatoms. The Bertz CT molecular complexity index is 2270. The summed E-state index contributed by atoms with van der Waals surface area (Å²) < 4.78 is 2.15. The summed E-state index contributed by atoms with van der Waals surface area (Å²) >= 11 is 0. The van der Waals surface area contributed by atoms with Crippen LogP contribution in [-0.4, -0.2) is 9.38 Å². The van der Waals surface area contributed by atoms with Gasteiger partial charge in [-0.3, -0.25) is 4.40 Å². The van der Waals surface area contributed by atoms with Crippen molar-refractivity contribution in [2.75, 3.05) is 5.32 Å². The molecular weight excluding hydrogens is 498 g/mol. The average molecular weight is 524 g/mol. The first-order chi connectivity index (χ1) is 20.3. The van der Waals surface area contributed by atoms with Crippen LogP contribution in [0.2, 0.25) is 0 Å². The Balaban J connectivity index is 1.21. The van der Waals surface area contributed by atoms with Crippen molar-refractivity contribution in [2.24, 2.45) is 0 Å². The molecule has 0 aliphatic carbocycles. The Morgan fingerprint density at radius 3 is 2.00 bits per heavy atom. The van der Waals surface area contributed by atoms with Gasteiger partial charge in [-0.1, -0.05) is 109 Å². The van der Waals surface area contributed by atoms with E-state index in [-0.39, 0.29) is 6.04 Å². The number of rotatable bonds is 2. The third-order valence-corrected chi connectivity index (χ3v) is 8.64. The van der Waals surface area contributed by atoms with Gasteiger partial charge in [0.1, 0.15) is 17.2 Å². The number of nitrogens with zero attached hydrogens (tertiary/aromatic N) is 2. The summed E-state index contributed by atoms with van der Waals surface area (Å²) in [5.41, 5.74) is 8.05. The van der Waals surface area contributed by atoms with Crippen molar-refractivity contribution in [3.8, 4) is 22.4 Å². The van der Waals surface area contributed by atoms with Crippen molar-refractivity contribution in [1.82, 2.24) is 9.38 Å². The van der Waals surface area contributed by atoms with E-state index >= 15 is 0 Å². The number of benzene rings is 6. The van der Waals surface area contributed by atoms with Crippen LogP contribution in [-0.2, 0) is 0 Å². The fourth-order valence-corrected chi connectivity index (χ4v) is 6.75. The standard InChI is InChI=1S/C38H25N3/c1-2-14-29-27(12-1)28-13-3-4-15-30(28)34-23-25(19-20-31(29)34)24-10-9-11-26(22-24)36-32-16-5-6-17-33(32)37-38(40-36)41-21-8-7-18-35(41)39-37/h1-23,36,40H. The number of pyridine rings is 1. The molecule has 41 heavy (non-hydrogen) atoms. The van der Waals surface area contributed by atoms with Gasteiger partial charge in [0.05, 0.1) is 6.04 Å². The molecule has 0 fully saturated rings. The molecule has 0 saturated heterocycles. The summed E-state index contributed by atoms with van der Waals surface area (Å²) in [6.07, 6.45) is 2.08. The van der Waals surface area contributed by atoms with Crippen molar-refractivity contribution >= 4 is 43.8 Å². The third kappa shape index (κ3) is 3.30. The molecule has 0 amide bonds. The van der Waals surface area contributed by atoms with Crippen LogP contribution in [0.4, 0.5) is 5.82 Å². The lowest BCUT2D eigenvalue weighted by Gasteiger charge is -2.28. The molecule has 1 unspecified atom stereocenters. The topological polar surface area (TPSA) is 29.3 Å². The van der Waals surface area contributed by atoms with Gasteiger partial charge in [0.15, 0.2) is 0 Å². The third-order valence-electron chi connectivity index (χ3n) is 8.64. The largest absolute Gasteiger partial charge is 0.358 e. The van der Waals surface area contributed by atoms with E-state index < -0.39 is 0 Å². The summed E-state index contributed by atoms with van der Waals surface area (Å²) in [6, 6.07) is 48.2. The summed E-state index contributed by atoms with van der Waals surface area (Å²) in [4.78, 5) is 4.96. The van der Waals surface area contributed by atoms with Gasteiger partial charge < -0.3 is 5.32 Å². The van der Waals surface area contributed by atoms with E-state index in [1.807, 2.05) is 6.07 Å². The second kappa shape index (κ2) is 8.54. The van der Waals surface area contributed by atoms with Crippen molar-refractivity contribution < 1.29 is 0 Å². The van der Waals surface area contributed by atoms with Gasteiger partial charge >= 0.3 is 0 Å². The Kier molecular flexibility index (Phi) is 4.67. The van der Waals surface area contributed by atoms with Crippen LogP contribution in [0.15, 0.2) is 140 Å². The molecule has 8 aromatic rings. The van der Waals surface area contributed by atoms with E-state index in [2.05, 4.69) is 143 Å². The highest BCUT2D eigenvalue weighted by Gasteiger charge is 2.29. The van der Waals surface area contributed by atoms with Crippen LogP contribution in [0, 0.1) is 0 Å². The molecule has 1 aliphatic heterocycles. The molecule has 3 heterocycles. The van der Waals surface area contributed by atoms with E-state index in [0.29, 0.717) is 0 Å². The first-order valence-corrected chi connectivity index (χ1v) is 14.1. The minimum atomic E-state index is 0.0176. The maximum absolute atomic E-state index is 4.96. The number of anilines is 1. The molecule has 3 nitrogen and oxygen atoms in total. The van der Waals surface area contributed by atoms with Gasteiger partial charge in [-0.2, -0.15) is 0 Å². The lowest BCUT2D eigenvalue weighted by Crippen LogP contribution is -2.19. The molecule has 1 aliphatic rings.